The average molecular weight is 310 g/mol. The van der Waals surface area contributed by atoms with Crippen molar-refractivity contribution in [3.8, 4) is 17.6 Å². The first kappa shape index (κ1) is 15.6. The fourth-order valence-electron chi connectivity index (χ4n) is 2.91. The van der Waals surface area contributed by atoms with Crippen LogP contribution in [0, 0.1) is 17.8 Å². The van der Waals surface area contributed by atoms with E-state index in [9.17, 15) is 0 Å². The lowest BCUT2D eigenvalue weighted by Crippen LogP contribution is -2.23. The van der Waals surface area contributed by atoms with Crippen molar-refractivity contribution < 1.29 is 9.57 Å². The van der Waals surface area contributed by atoms with Gasteiger partial charge in [0.15, 0.2) is 0 Å². The number of methoxy groups -OCH3 is 1. The van der Waals surface area contributed by atoms with Crippen LogP contribution >= 0.6 is 0 Å². The number of benzene rings is 1. The zero-order valence-corrected chi connectivity index (χ0v) is 13.7. The van der Waals surface area contributed by atoms with Crippen LogP contribution in [0.15, 0.2) is 41.1 Å². The molecule has 0 aliphatic carbocycles. The summed E-state index contributed by atoms with van der Waals surface area (Å²) in [5.41, 5.74) is 3.11. The van der Waals surface area contributed by atoms with E-state index in [1.807, 2.05) is 37.3 Å². The van der Waals surface area contributed by atoms with E-state index < -0.39 is 0 Å². The summed E-state index contributed by atoms with van der Waals surface area (Å²) in [4.78, 5) is 7.85. The monoisotopic (exact) mass is 310 g/mol. The smallest absolute Gasteiger partial charge is 0.136 e. The van der Waals surface area contributed by atoms with Gasteiger partial charge in [-0.3, -0.25) is 4.90 Å². The molecule has 2 unspecified atom stereocenters. The molecule has 120 valence electrons. The van der Waals surface area contributed by atoms with Crippen molar-refractivity contribution in [3.63, 3.8) is 0 Å². The molecular formula is C19H22N2O2. The number of nitrogens with zero attached hydrogens (tertiary/aromatic N) is 2. The van der Waals surface area contributed by atoms with Crippen molar-refractivity contribution in [1.82, 2.24) is 4.90 Å². The molecule has 2 fully saturated rings. The summed E-state index contributed by atoms with van der Waals surface area (Å²) >= 11 is 0. The molecule has 23 heavy (non-hydrogen) atoms. The number of ether oxygens (including phenoxy) is 1. The van der Waals surface area contributed by atoms with Gasteiger partial charge in [-0.25, -0.2) is 0 Å². The fraction of sp³-hybridized carbons (Fsp3) is 0.421. The summed E-state index contributed by atoms with van der Waals surface area (Å²) < 4.78 is 5.19. The molecule has 0 radical (unpaired) electrons. The normalized spacial score (nSPS) is 24.4. The van der Waals surface area contributed by atoms with Crippen LogP contribution in [0.5, 0.6) is 5.75 Å². The lowest BCUT2D eigenvalue weighted by atomic mass is 10.0. The van der Waals surface area contributed by atoms with E-state index in [0.29, 0.717) is 12.5 Å². The predicted molar refractivity (Wildman–Crippen MR) is 91.6 cm³/mol. The minimum atomic E-state index is 0.467. The van der Waals surface area contributed by atoms with E-state index in [2.05, 4.69) is 21.9 Å². The summed E-state index contributed by atoms with van der Waals surface area (Å²) in [7, 11) is 1.66. The Kier molecular flexibility index (Phi) is 4.99. The van der Waals surface area contributed by atoms with Crippen LogP contribution in [0.2, 0.25) is 0 Å². The number of fused-ring (bicyclic) bond motifs is 2. The zero-order valence-electron chi connectivity index (χ0n) is 13.7. The highest BCUT2D eigenvalue weighted by Gasteiger charge is 2.35. The van der Waals surface area contributed by atoms with Gasteiger partial charge in [0, 0.05) is 24.6 Å². The number of oxime groups is 1. The first-order chi connectivity index (χ1) is 11.2. The second-order valence-electron chi connectivity index (χ2n) is 5.97. The summed E-state index contributed by atoms with van der Waals surface area (Å²) in [6.07, 6.45) is 3.19. The SMILES string of the molecule is COc1cccc(C#C/C(C)=C\CO/N=C2/CN3CCC2C3)c1. The molecule has 0 saturated carbocycles. The molecular weight excluding hydrogens is 288 g/mol. The molecule has 2 bridgehead atoms. The first-order valence-corrected chi connectivity index (χ1v) is 7.98. The Bertz CT molecular complexity index is 682. The van der Waals surface area contributed by atoms with Gasteiger partial charge >= 0.3 is 0 Å². The van der Waals surface area contributed by atoms with Crippen molar-refractivity contribution in [2.75, 3.05) is 33.4 Å². The highest BCUT2D eigenvalue weighted by molar-refractivity contribution is 5.91. The van der Waals surface area contributed by atoms with Gasteiger partial charge in [0.1, 0.15) is 12.4 Å². The van der Waals surface area contributed by atoms with Gasteiger partial charge in [-0.2, -0.15) is 0 Å². The molecule has 1 aromatic rings. The number of hydrogen-bond donors (Lipinski definition) is 0. The molecule has 0 aromatic heterocycles. The Balaban J connectivity index is 1.50. The van der Waals surface area contributed by atoms with Gasteiger partial charge < -0.3 is 9.57 Å². The first-order valence-electron chi connectivity index (χ1n) is 7.98. The molecule has 3 rings (SSSR count). The molecule has 0 spiro atoms. The summed E-state index contributed by atoms with van der Waals surface area (Å²) in [5.74, 6) is 7.69. The molecule has 2 saturated heterocycles. The predicted octanol–water partition coefficient (Wildman–Crippen LogP) is 2.70. The lowest BCUT2D eigenvalue weighted by molar-refractivity contribution is 0.171. The average Bonchev–Trinajstić information content (AvgIpc) is 3.20. The van der Waals surface area contributed by atoms with Gasteiger partial charge in [-0.1, -0.05) is 23.1 Å². The molecule has 2 atom stereocenters. The van der Waals surface area contributed by atoms with Crippen LogP contribution < -0.4 is 4.74 Å². The maximum atomic E-state index is 5.43. The molecule has 4 heteroatoms. The summed E-state index contributed by atoms with van der Waals surface area (Å²) in [5, 5.41) is 4.28. The van der Waals surface area contributed by atoms with Crippen molar-refractivity contribution >= 4 is 5.71 Å². The second kappa shape index (κ2) is 7.34. The lowest BCUT2D eigenvalue weighted by Gasteiger charge is -2.12. The number of hydrogen-bond acceptors (Lipinski definition) is 4. The van der Waals surface area contributed by atoms with Crippen molar-refractivity contribution in [2.45, 2.75) is 13.3 Å². The minimum Gasteiger partial charge on any atom is -0.497 e. The van der Waals surface area contributed by atoms with Crippen LogP contribution in [-0.2, 0) is 4.84 Å². The van der Waals surface area contributed by atoms with Crippen molar-refractivity contribution in [1.29, 1.82) is 0 Å². The van der Waals surface area contributed by atoms with E-state index in [1.165, 1.54) is 18.7 Å². The fourth-order valence-corrected chi connectivity index (χ4v) is 2.91. The summed E-state index contributed by atoms with van der Waals surface area (Å²) in [6.45, 7) is 5.79. The van der Waals surface area contributed by atoms with Crippen LogP contribution in [-0.4, -0.2) is 44.0 Å². The van der Waals surface area contributed by atoms with Gasteiger partial charge in [0.25, 0.3) is 0 Å². The number of rotatable bonds is 4. The second-order valence-corrected chi connectivity index (χ2v) is 5.97. The highest BCUT2D eigenvalue weighted by Crippen LogP contribution is 2.25. The maximum absolute atomic E-state index is 5.43. The largest absolute Gasteiger partial charge is 0.497 e. The zero-order chi connectivity index (χ0) is 16.1. The number of piperidine rings is 1. The van der Waals surface area contributed by atoms with E-state index in [1.54, 1.807) is 7.11 Å². The topological polar surface area (TPSA) is 34.1 Å². The Morgan fingerprint density at radius 1 is 1.48 bits per heavy atom. The molecule has 0 amide bonds. The minimum absolute atomic E-state index is 0.467. The molecule has 2 aliphatic heterocycles. The summed E-state index contributed by atoms with van der Waals surface area (Å²) in [6, 6.07) is 7.74. The van der Waals surface area contributed by atoms with Crippen LogP contribution in [0.1, 0.15) is 18.9 Å². The Morgan fingerprint density at radius 3 is 3.13 bits per heavy atom. The molecule has 2 heterocycles. The van der Waals surface area contributed by atoms with E-state index >= 15 is 0 Å². The Labute approximate surface area is 137 Å². The van der Waals surface area contributed by atoms with Crippen LogP contribution in [0.25, 0.3) is 0 Å². The van der Waals surface area contributed by atoms with Crippen molar-refractivity contribution in [2.24, 2.45) is 11.1 Å². The van der Waals surface area contributed by atoms with E-state index in [-0.39, 0.29) is 0 Å². The maximum Gasteiger partial charge on any atom is 0.136 e. The Hall–Kier alpha value is -2.25. The molecule has 0 N–H and O–H groups in total. The quantitative estimate of drug-likeness (QED) is 0.487. The third-order valence-corrected chi connectivity index (χ3v) is 4.25. The molecule has 4 nitrogen and oxygen atoms in total. The van der Waals surface area contributed by atoms with Crippen molar-refractivity contribution in [3.05, 3.63) is 41.5 Å². The van der Waals surface area contributed by atoms with Gasteiger partial charge in [0.2, 0.25) is 0 Å². The van der Waals surface area contributed by atoms with Gasteiger partial charge in [0.05, 0.1) is 12.8 Å². The molecule has 2 aliphatic rings. The standard InChI is InChI=1S/C19H22N2O2/c1-15(6-7-16-4-3-5-18(12-16)22-2)9-11-23-20-19-14-21-10-8-17(19)13-21/h3-5,9,12,17H,8,10-11,13-14H2,1-2H3/b15-9-,20-19-. The van der Waals surface area contributed by atoms with E-state index in [0.717, 1.165) is 30.0 Å². The Morgan fingerprint density at radius 2 is 2.39 bits per heavy atom. The third kappa shape index (κ3) is 4.14. The molecule has 1 aromatic carbocycles. The van der Waals surface area contributed by atoms with Gasteiger partial charge in [-0.15, -0.1) is 0 Å². The third-order valence-electron chi connectivity index (χ3n) is 4.25. The highest BCUT2D eigenvalue weighted by atomic mass is 16.6. The number of allylic oxidation sites excluding steroid dienone is 1. The van der Waals surface area contributed by atoms with Crippen LogP contribution in [0.3, 0.4) is 0 Å². The van der Waals surface area contributed by atoms with Gasteiger partial charge in [-0.05, 0) is 49.7 Å². The van der Waals surface area contributed by atoms with E-state index in [4.69, 9.17) is 9.57 Å². The van der Waals surface area contributed by atoms with Crippen LogP contribution in [0.4, 0.5) is 0 Å².